The fourth-order valence-corrected chi connectivity index (χ4v) is 2.57. The van der Waals surface area contributed by atoms with E-state index >= 15 is 0 Å². The first-order valence-corrected chi connectivity index (χ1v) is 6.69. The maximum atomic E-state index is 11.9. The van der Waals surface area contributed by atoms with E-state index in [-0.39, 0.29) is 11.8 Å². The molecule has 1 nitrogen and oxygen atoms in total. The number of allylic oxidation sites excluding steroid dienone is 6. The van der Waals surface area contributed by atoms with Gasteiger partial charge in [-0.3, -0.25) is 4.79 Å². The van der Waals surface area contributed by atoms with Crippen LogP contribution < -0.4 is 0 Å². The van der Waals surface area contributed by atoms with Gasteiger partial charge in [0.15, 0.2) is 0 Å². The molecule has 1 aliphatic carbocycles. The molecule has 0 radical (unpaired) electrons. The van der Waals surface area contributed by atoms with Crippen molar-refractivity contribution in [2.45, 2.75) is 40.0 Å². The molecule has 17 heavy (non-hydrogen) atoms. The fraction of sp³-hybridized carbons (Fsp3) is 0.562. The van der Waals surface area contributed by atoms with Gasteiger partial charge in [0.05, 0.1) is 0 Å². The Morgan fingerprint density at radius 2 is 1.76 bits per heavy atom. The standard InChI is InChI=1S/C16H24O/c1-4-5-10-13(2)16(14(3)17)15-11-8-6-7-9-12-15/h6-9,11-13,15-16H,4-5,10H2,1-3H3/t13-,16-/m1/s1. The van der Waals surface area contributed by atoms with Crippen molar-refractivity contribution in [2.24, 2.45) is 17.8 Å². The smallest absolute Gasteiger partial charge is 0.134 e. The molecule has 0 amide bonds. The Morgan fingerprint density at radius 1 is 1.18 bits per heavy atom. The lowest BCUT2D eigenvalue weighted by Gasteiger charge is -2.26. The molecule has 1 aliphatic rings. The number of unbranched alkanes of at least 4 members (excludes halogenated alkanes) is 1. The summed E-state index contributed by atoms with van der Waals surface area (Å²) in [5.41, 5.74) is 0. The predicted octanol–water partition coefficient (Wildman–Crippen LogP) is 4.32. The zero-order valence-corrected chi connectivity index (χ0v) is 11.2. The summed E-state index contributed by atoms with van der Waals surface area (Å²) < 4.78 is 0. The van der Waals surface area contributed by atoms with E-state index in [2.05, 4.69) is 26.0 Å². The molecule has 0 aromatic rings. The third kappa shape index (κ3) is 4.33. The molecule has 0 unspecified atom stereocenters. The summed E-state index contributed by atoms with van der Waals surface area (Å²) in [6.07, 6.45) is 16.0. The summed E-state index contributed by atoms with van der Waals surface area (Å²) in [5, 5.41) is 0. The Hall–Kier alpha value is -1.11. The van der Waals surface area contributed by atoms with Gasteiger partial charge in [0.2, 0.25) is 0 Å². The average molecular weight is 232 g/mol. The molecule has 0 bridgehead atoms. The number of ketones is 1. The van der Waals surface area contributed by atoms with E-state index in [1.54, 1.807) is 6.92 Å². The van der Waals surface area contributed by atoms with Crippen LogP contribution in [-0.2, 0) is 4.79 Å². The zero-order chi connectivity index (χ0) is 12.7. The minimum Gasteiger partial charge on any atom is -0.300 e. The summed E-state index contributed by atoms with van der Waals surface area (Å²) in [4.78, 5) is 11.9. The molecule has 1 heteroatoms. The van der Waals surface area contributed by atoms with Crippen LogP contribution in [0.2, 0.25) is 0 Å². The first-order chi connectivity index (χ1) is 8.16. The number of carbonyl (C=O) groups is 1. The Kier molecular flexibility index (Phi) is 5.96. The monoisotopic (exact) mass is 232 g/mol. The lowest BCUT2D eigenvalue weighted by Crippen LogP contribution is -2.26. The van der Waals surface area contributed by atoms with Crippen molar-refractivity contribution in [2.75, 3.05) is 0 Å². The SMILES string of the molecule is CCCC[C@@H](C)[C@H](C(C)=O)C1C=CC=CC=C1. The van der Waals surface area contributed by atoms with Gasteiger partial charge in [-0.15, -0.1) is 0 Å². The number of carbonyl (C=O) groups excluding carboxylic acids is 1. The van der Waals surface area contributed by atoms with E-state index in [4.69, 9.17) is 0 Å². The quantitative estimate of drug-likeness (QED) is 0.666. The third-order valence-corrected chi connectivity index (χ3v) is 3.51. The fourth-order valence-electron chi connectivity index (χ4n) is 2.57. The summed E-state index contributed by atoms with van der Waals surface area (Å²) >= 11 is 0. The largest absolute Gasteiger partial charge is 0.300 e. The average Bonchev–Trinajstić information content (AvgIpc) is 2.55. The molecule has 0 aromatic carbocycles. The Bertz CT molecular complexity index is 306. The highest BCUT2D eigenvalue weighted by atomic mass is 16.1. The normalized spacial score (nSPS) is 19.0. The molecule has 0 saturated heterocycles. The topological polar surface area (TPSA) is 17.1 Å². The van der Waals surface area contributed by atoms with E-state index in [9.17, 15) is 4.79 Å². The van der Waals surface area contributed by atoms with Crippen LogP contribution in [0.1, 0.15) is 40.0 Å². The molecule has 0 heterocycles. The van der Waals surface area contributed by atoms with Crippen molar-refractivity contribution in [3.8, 4) is 0 Å². The zero-order valence-electron chi connectivity index (χ0n) is 11.2. The van der Waals surface area contributed by atoms with Gasteiger partial charge < -0.3 is 0 Å². The van der Waals surface area contributed by atoms with Crippen LogP contribution in [-0.4, -0.2) is 5.78 Å². The van der Waals surface area contributed by atoms with Crippen molar-refractivity contribution >= 4 is 5.78 Å². The summed E-state index contributed by atoms with van der Waals surface area (Å²) in [6, 6.07) is 0. The van der Waals surface area contributed by atoms with Gasteiger partial charge in [0.25, 0.3) is 0 Å². The Labute approximate surface area is 105 Å². The molecule has 0 fully saturated rings. The highest BCUT2D eigenvalue weighted by Gasteiger charge is 2.27. The predicted molar refractivity (Wildman–Crippen MR) is 73.8 cm³/mol. The molecule has 1 rings (SSSR count). The van der Waals surface area contributed by atoms with Crippen LogP contribution >= 0.6 is 0 Å². The summed E-state index contributed by atoms with van der Waals surface area (Å²) in [7, 11) is 0. The van der Waals surface area contributed by atoms with Gasteiger partial charge >= 0.3 is 0 Å². The molecular weight excluding hydrogens is 208 g/mol. The van der Waals surface area contributed by atoms with Crippen molar-refractivity contribution in [3.05, 3.63) is 36.5 Å². The van der Waals surface area contributed by atoms with E-state index in [0.29, 0.717) is 11.7 Å². The third-order valence-electron chi connectivity index (χ3n) is 3.51. The van der Waals surface area contributed by atoms with Gasteiger partial charge in [-0.1, -0.05) is 63.1 Å². The molecule has 0 aromatic heterocycles. The summed E-state index contributed by atoms with van der Waals surface area (Å²) in [5.74, 6) is 1.17. The molecule has 0 aliphatic heterocycles. The molecule has 2 atom stereocenters. The van der Waals surface area contributed by atoms with Crippen molar-refractivity contribution < 1.29 is 4.79 Å². The lowest BCUT2D eigenvalue weighted by atomic mass is 9.77. The number of hydrogen-bond donors (Lipinski definition) is 0. The van der Waals surface area contributed by atoms with Crippen LogP contribution in [0.5, 0.6) is 0 Å². The van der Waals surface area contributed by atoms with Crippen LogP contribution in [0.3, 0.4) is 0 Å². The van der Waals surface area contributed by atoms with Gasteiger partial charge in [-0.2, -0.15) is 0 Å². The van der Waals surface area contributed by atoms with Gasteiger partial charge in [0, 0.05) is 11.8 Å². The molecule has 94 valence electrons. The van der Waals surface area contributed by atoms with Crippen LogP contribution in [0.15, 0.2) is 36.5 Å². The van der Waals surface area contributed by atoms with Crippen molar-refractivity contribution in [3.63, 3.8) is 0 Å². The Morgan fingerprint density at radius 3 is 2.24 bits per heavy atom. The minimum atomic E-state index is 0.133. The first-order valence-electron chi connectivity index (χ1n) is 6.69. The number of rotatable bonds is 6. The van der Waals surface area contributed by atoms with E-state index in [0.717, 1.165) is 6.42 Å². The molecule has 0 N–H and O–H groups in total. The first kappa shape index (κ1) is 14.0. The van der Waals surface area contributed by atoms with Gasteiger partial charge in [0.1, 0.15) is 5.78 Å². The second kappa shape index (κ2) is 7.26. The van der Waals surface area contributed by atoms with E-state index < -0.39 is 0 Å². The minimum absolute atomic E-state index is 0.133. The Balaban J connectivity index is 2.74. The maximum absolute atomic E-state index is 11.9. The number of Topliss-reactive ketones (excluding diaryl/α,β-unsaturated/α-hetero) is 1. The maximum Gasteiger partial charge on any atom is 0.134 e. The van der Waals surface area contributed by atoms with Gasteiger partial charge in [-0.25, -0.2) is 0 Å². The van der Waals surface area contributed by atoms with Gasteiger partial charge in [-0.05, 0) is 19.3 Å². The second-order valence-corrected chi connectivity index (χ2v) is 4.99. The lowest BCUT2D eigenvalue weighted by molar-refractivity contribution is -0.123. The van der Waals surface area contributed by atoms with Crippen molar-refractivity contribution in [1.29, 1.82) is 0 Å². The molecule has 0 saturated carbocycles. The van der Waals surface area contributed by atoms with Crippen molar-refractivity contribution in [1.82, 2.24) is 0 Å². The summed E-state index contributed by atoms with van der Waals surface area (Å²) in [6.45, 7) is 6.14. The highest BCUT2D eigenvalue weighted by molar-refractivity contribution is 5.79. The number of hydrogen-bond acceptors (Lipinski definition) is 1. The van der Waals surface area contributed by atoms with E-state index in [1.165, 1.54) is 12.8 Å². The van der Waals surface area contributed by atoms with E-state index in [1.807, 2.05) is 24.3 Å². The molecule has 0 spiro atoms. The second-order valence-electron chi connectivity index (χ2n) is 4.99. The van der Waals surface area contributed by atoms with Crippen LogP contribution in [0, 0.1) is 17.8 Å². The van der Waals surface area contributed by atoms with Crippen LogP contribution in [0.4, 0.5) is 0 Å². The van der Waals surface area contributed by atoms with Crippen LogP contribution in [0.25, 0.3) is 0 Å². The highest BCUT2D eigenvalue weighted by Crippen LogP contribution is 2.29. The molecular formula is C16H24O.